The van der Waals surface area contributed by atoms with Crippen molar-refractivity contribution in [1.29, 1.82) is 0 Å². The van der Waals surface area contributed by atoms with Crippen molar-refractivity contribution in [3.63, 3.8) is 0 Å². The molecule has 0 radical (unpaired) electrons. The second-order valence-electron chi connectivity index (χ2n) is 7.68. The Morgan fingerprint density at radius 3 is 2.66 bits per heavy atom. The molecular formula is C23H18ClFN2O2. The molecule has 2 aliphatic heterocycles. The van der Waals surface area contributed by atoms with Gasteiger partial charge in [-0.3, -0.25) is 9.59 Å². The molecule has 2 fully saturated rings. The predicted octanol–water partition coefficient (Wildman–Crippen LogP) is 4.26. The van der Waals surface area contributed by atoms with Crippen LogP contribution in [0.25, 0.3) is 21.9 Å². The lowest BCUT2D eigenvalue weighted by molar-refractivity contribution is -0.119. The third-order valence-electron chi connectivity index (χ3n) is 5.91. The Balaban J connectivity index is 1.53. The zero-order chi connectivity index (χ0) is 20.1. The van der Waals surface area contributed by atoms with Gasteiger partial charge in [0.15, 0.2) is 0 Å². The molecule has 146 valence electrons. The molecule has 5 rings (SSSR count). The van der Waals surface area contributed by atoms with Crippen molar-refractivity contribution in [2.75, 3.05) is 13.1 Å². The Morgan fingerprint density at radius 1 is 1.07 bits per heavy atom. The normalized spacial score (nSPS) is 20.8. The summed E-state index contributed by atoms with van der Waals surface area (Å²) in [5.41, 5.74) is 2.17. The number of hydrogen-bond donors (Lipinski definition) is 1. The largest absolute Gasteiger partial charge is 0.351 e. The molecule has 2 atom stereocenters. The van der Waals surface area contributed by atoms with Gasteiger partial charge in [0.25, 0.3) is 5.91 Å². The van der Waals surface area contributed by atoms with Gasteiger partial charge in [-0.1, -0.05) is 48.0 Å². The van der Waals surface area contributed by atoms with Crippen molar-refractivity contribution < 1.29 is 14.0 Å². The van der Waals surface area contributed by atoms with Gasteiger partial charge >= 0.3 is 0 Å². The van der Waals surface area contributed by atoms with Crippen LogP contribution in [0.5, 0.6) is 0 Å². The number of hydrogen-bond acceptors (Lipinski definition) is 2. The van der Waals surface area contributed by atoms with E-state index in [0.717, 1.165) is 16.3 Å². The predicted molar refractivity (Wildman–Crippen MR) is 110 cm³/mol. The van der Waals surface area contributed by atoms with Gasteiger partial charge in [0.1, 0.15) is 5.82 Å². The first-order valence-corrected chi connectivity index (χ1v) is 9.95. The van der Waals surface area contributed by atoms with Gasteiger partial charge in [-0.25, -0.2) is 4.39 Å². The van der Waals surface area contributed by atoms with E-state index in [4.69, 9.17) is 11.6 Å². The van der Waals surface area contributed by atoms with E-state index in [9.17, 15) is 14.0 Å². The fraction of sp³-hybridized carbons (Fsp3) is 0.217. The van der Waals surface area contributed by atoms with Crippen LogP contribution >= 0.6 is 11.6 Å². The highest BCUT2D eigenvalue weighted by atomic mass is 35.5. The van der Waals surface area contributed by atoms with E-state index < -0.39 is 5.82 Å². The van der Waals surface area contributed by atoms with Crippen LogP contribution in [-0.4, -0.2) is 35.8 Å². The number of carbonyl (C=O) groups is 2. The maximum atomic E-state index is 14.0. The van der Waals surface area contributed by atoms with Crippen LogP contribution in [-0.2, 0) is 4.79 Å². The van der Waals surface area contributed by atoms with Gasteiger partial charge in [-0.15, -0.1) is 0 Å². The maximum Gasteiger partial charge on any atom is 0.254 e. The molecule has 1 N–H and O–H groups in total. The Hall–Kier alpha value is -2.92. The van der Waals surface area contributed by atoms with E-state index in [1.165, 1.54) is 12.1 Å². The first kappa shape index (κ1) is 18.1. The quantitative estimate of drug-likeness (QED) is 0.688. The van der Waals surface area contributed by atoms with Crippen LogP contribution in [0.3, 0.4) is 0 Å². The number of nitrogens with one attached hydrogen (secondary N) is 1. The van der Waals surface area contributed by atoms with Crippen molar-refractivity contribution in [3.05, 3.63) is 71.0 Å². The first-order chi connectivity index (χ1) is 14.0. The molecule has 6 heteroatoms. The molecule has 2 saturated heterocycles. The summed E-state index contributed by atoms with van der Waals surface area (Å²) in [7, 11) is 0. The Bertz CT molecular complexity index is 1150. The third-order valence-corrected chi connectivity index (χ3v) is 6.21. The van der Waals surface area contributed by atoms with E-state index in [-0.39, 0.29) is 28.8 Å². The maximum absolute atomic E-state index is 14.0. The van der Waals surface area contributed by atoms with E-state index in [2.05, 4.69) is 5.32 Å². The van der Waals surface area contributed by atoms with Gasteiger partial charge in [0.05, 0.1) is 11.1 Å². The van der Waals surface area contributed by atoms with E-state index in [1.54, 1.807) is 6.07 Å². The number of nitrogens with zero attached hydrogens (tertiary/aromatic N) is 1. The minimum atomic E-state index is -0.473. The molecule has 4 nitrogen and oxygen atoms in total. The molecule has 3 aromatic rings. The van der Waals surface area contributed by atoms with Gasteiger partial charge in [-0.05, 0) is 40.1 Å². The SMILES string of the molecule is O=C1C[C@H]2CN(C(=O)c3cccc4c(-c5ccc(Cl)c(F)c5)cccc34)C[C@H]2N1. The second kappa shape index (κ2) is 6.85. The molecule has 0 aromatic heterocycles. The zero-order valence-corrected chi connectivity index (χ0v) is 16.2. The fourth-order valence-corrected chi connectivity index (χ4v) is 4.61. The lowest BCUT2D eigenvalue weighted by Crippen LogP contribution is -2.35. The zero-order valence-electron chi connectivity index (χ0n) is 15.5. The van der Waals surface area contributed by atoms with Gasteiger partial charge in [-0.2, -0.15) is 0 Å². The summed E-state index contributed by atoms with van der Waals surface area (Å²) < 4.78 is 14.0. The molecule has 2 heterocycles. The highest BCUT2D eigenvalue weighted by Gasteiger charge is 2.41. The van der Waals surface area contributed by atoms with Crippen LogP contribution in [0.2, 0.25) is 5.02 Å². The first-order valence-electron chi connectivity index (χ1n) is 9.57. The average Bonchev–Trinajstić information content (AvgIpc) is 3.26. The smallest absolute Gasteiger partial charge is 0.254 e. The summed E-state index contributed by atoms with van der Waals surface area (Å²) in [4.78, 5) is 26.6. The van der Waals surface area contributed by atoms with Crippen LogP contribution < -0.4 is 5.32 Å². The van der Waals surface area contributed by atoms with Gasteiger partial charge in [0.2, 0.25) is 5.91 Å². The molecule has 0 spiro atoms. The van der Waals surface area contributed by atoms with E-state index in [1.807, 2.05) is 41.3 Å². The van der Waals surface area contributed by atoms with Crippen LogP contribution in [0.4, 0.5) is 4.39 Å². The molecule has 0 saturated carbocycles. The van der Waals surface area contributed by atoms with E-state index in [0.29, 0.717) is 30.6 Å². The van der Waals surface area contributed by atoms with E-state index >= 15 is 0 Å². The highest BCUT2D eigenvalue weighted by molar-refractivity contribution is 6.30. The van der Waals surface area contributed by atoms with Gasteiger partial charge in [0, 0.05) is 31.0 Å². The average molecular weight is 409 g/mol. The minimum absolute atomic E-state index is 0.0429. The Morgan fingerprint density at radius 2 is 1.86 bits per heavy atom. The molecule has 0 unspecified atom stereocenters. The summed E-state index contributed by atoms with van der Waals surface area (Å²) >= 11 is 5.82. The number of rotatable bonds is 2. The van der Waals surface area contributed by atoms with Crippen LogP contribution in [0.15, 0.2) is 54.6 Å². The molecule has 2 amide bonds. The Kier molecular flexibility index (Phi) is 4.28. The van der Waals surface area contributed by atoms with Crippen molar-refractivity contribution in [3.8, 4) is 11.1 Å². The molecule has 29 heavy (non-hydrogen) atoms. The molecule has 2 aliphatic rings. The minimum Gasteiger partial charge on any atom is -0.351 e. The number of fused-ring (bicyclic) bond motifs is 2. The molecule has 0 aliphatic carbocycles. The Labute approximate surface area is 172 Å². The lowest BCUT2D eigenvalue weighted by Gasteiger charge is -2.19. The van der Waals surface area contributed by atoms with Gasteiger partial charge < -0.3 is 10.2 Å². The summed E-state index contributed by atoms with van der Waals surface area (Å²) in [5, 5.41) is 4.74. The topological polar surface area (TPSA) is 49.4 Å². The van der Waals surface area contributed by atoms with Crippen LogP contribution in [0.1, 0.15) is 16.8 Å². The second-order valence-corrected chi connectivity index (χ2v) is 8.09. The molecular weight excluding hydrogens is 391 g/mol. The monoisotopic (exact) mass is 408 g/mol. The van der Waals surface area contributed by atoms with Crippen molar-refractivity contribution in [2.24, 2.45) is 5.92 Å². The van der Waals surface area contributed by atoms with Crippen LogP contribution in [0, 0.1) is 11.7 Å². The standard InChI is InChI=1S/C23H18ClFN2O2/c24-19-8-7-13(9-20(19)25)15-3-1-5-17-16(15)4-2-6-18(17)23(29)27-11-14-10-22(28)26-21(14)12-27/h1-9,14,21H,10-12H2,(H,26,28)/t14-,21+/m0/s1. The number of carbonyl (C=O) groups excluding carboxylic acids is 2. The highest BCUT2D eigenvalue weighted by Crippen LogP contribution is 2.33. The number of amides is 2. The fourth-order valence-electron chi connectivity index (χ4n) is 4.49. The lowest BCUT2D eigenvalue weighted by atomic mass is 9.95. The number of likely N-dealkylation sites (tertiary alicyclic amines) is 1. The van der Waals surface area contributed by atoms with Crippen molar-refractivity contribution in [1.82, 2.24) is 10.2 Å². The molecule has 0 bridgehead atoms. The summed E-state index contributed by atoms with van der Waals surface area (Å²) in [6.45, 7) is 1.12. The third kappa shape index (κ3) is 3.06. The van der Waals surface area contributed by atoms with Crippen molar-refractivity contribution in [2.45, 2.75) is 12.5 Å². The number of benzene rings is 3. The summed E-state index contributed by atoms with van der Waals surface area (Å²) in [6.07, 6.45) is 0.482. The molecule has 3 aromatic carbocycles. The summed E-state index contributed by atoms with van der Waals surface area (Å²) in [5.74, 6) is -0.260. The van der Waals surface area contributed by atoms with Crippen molar-refractivity contribution >= 4 is 34.2 Å². The number of halogens is 2. The summed E-state index contributed by atoms with van der Waals surface area (Å²) in [6, 6.07) is 16.1.